The lowest BCUT2D eigenvalue weighted by Gasteiger charge is -2.29. The minimum atomic E-state index is -0.888. The summed E-state index contributed by atoms with van der Waals surface area (Å²) in [5.74, 6) is -0.350. The number of hydrogen-bond donors (Lipinski definition) is 1. The van der Waals surface area contributed by atoms with Gasteiger partial charge in [0.05, 0.1) is 7.11 Å². The van der Waals surface area contributed by atoms with Crippen LogP contribution in [-0.2, 0) is 9.53 Å². The van der Waals surface area contributed by atoms with Crippen LogP contribution < -0.4 is 5.73 Å². The van der Waals surface area contributed by atoms with Crippen LogP contribution >= 0.6 is 0 Å². The first kappa shape index (κ1) is 15.4. The maximum Gasteiger partial charge on any atom is 0.325 e. The van der Waals surface area contributed by atoms with Crippen LogP contribution in [0.25, 0.3) is 0 Å². The number of hydrogen-bond acceptors (Lipinski definition) is 4. The van der Waals surface area contributed by atoms with E-state index in [2.05, 4.69) is 30.4 Å². The molecule has 0 rings (SSSR count). The summed E-state index contributed by atoms with van der Waals surface area (Å²) in [6, 6.07) is 0. The average Bonchev–Trinajstić information content (AvgIpc) is 2.11. The van der Waals surface area contributed by atoms with E-state index in [0.29, 0.717) is 6.42 Å². The Kier molecular flexibility index (Phi) is 5.42. The Labute approximate surface area is 99.1 Å². The van der Waals surface area contributed by atoms with E-state index >= 15 is 0 Å². The van der Waals surface area contributed by atoms with E-state index in [1.807, 2.05) is 7.05 Å². The van der Waals surface area contributed by atoms with Crippen LogP contribution in [0.3, 0.4) is 0 Å². The highest BCUT2D eigenvalue weighted by Gasteiger charge is 2.29. The van der Waals surface area contributed by atoms with Crippen molar-refractivity contribution in [2.45, 2.75) is 39.7 Å². The van der Waals surface area contributed by atoms with Crippen molar-refractivity contribution in [2.24, 2.45) is 11.1 Å². The molecular formula is C12H26N2O2. The van der Waals surface area contributed by atoms with E-state index in [9.17, 15) is 4.79 Å². The standard InChI is InChI=1S/C12H26N2O2/c1-11(2,3)9-14(5)8-7-12(4,13)10(15)16-6/h7-9,13H2,1-6H3. The lowest BCUT2D eigenvalue weighted by Crippen LogP contribution is -2.48. The third-order valence-corrected chi connectivity index (χ3v) is 2.41. The maximum atomic E-state index is 11.4. The average molecular weight is 230 g/mol. The molecule has 0 radical (unpaired) electrons. The Bertz CT molecular complexity index is 232. The lowest BCUT2D eigenvalue weighted by atomic mass is 9.95. The normalized spacial score (nSPS) is 16.0. The van der Waals surface area contributed by atoms with Crippen LogP contribution in [0.15, 0.2) is 0 Å². The first-order chi connectivity index (χ1) is 7.08. The summed E-state index contributed by atoms with van der Waals surface area (Å²) < 4.78 is 4.67. The van der Waals surface area contributed by atoms with Crippen molar-refractivity contribution >= 4 is 5.97 Å². The molecule has 1 atom stereocenters. The Morgan fingerprint density at radius 3 is 2.19 bits per heavy atom. The van der Waals surface area contributed by atoms with E-state index in [1.54, 1.807) is 6.92 Å². The zero-order valence-corrected chi connectivity index (χ0v) is 11.5. The van der Waals surface area contributed by atoms with E-state index in [0.717, 1.165) is 13.1 Å². The molecular weight excluding hydrogens is 204 g/mol. The Morgan fingerprint density at radius 2 is 1.81 bits per heavy atom. The van der Waals surface area contributed by atoms with Gasteiger partial charge in [0.2, 0.25) is 0 Å². The molecule has 0 fully saturated rings. The molecule has 2 N–H and O–H groups in total. The van der Waals surface area contributed by atoms with Crippen LogP contribution in [0.4, 0.5) is 0 Å². The minimum Gasteiger partial charge on any atom is -0.468 e. The van der Waals surface area contributed by atoms with Gasteiger partial charge in [-0.2, -0.15) is 0 Å². The van der Waals surface area contributed by atoms with Gasteiger partial charge in [0, 0.05) is 13.1 Å². The summed E-state index contributed by atoms with van der Waals surface area (Å²) in [6.45, 7) is 10.0. The highest BCUT2D eigenvalue weighted by molar-refractivity contribution is 5.79. The summed E-state index contributed by atoms with van der Waals surface area (Å²) in [6.07, 6.45) is 0.603. The van der Waals surface area contributed by atoms with Crippen molar-refractivity contribution in [3.05, 3.63) is 0 Å². The van der Waals surface area contributed by atoms with Crippen LogP contribution in [0, 0.1) is 5.41 Å². The summed E-state index contributed by atoms with van der Waals surface area (Å²) in [7, 11) is 3.41. The Morgan fingerprint density at radius 1 is 1.31 bits per heavy atom. The van der Waals surface area contributed by atoms with Gasteiger partial charge in [0.1, 0.15) is 5.54 Å². The third-order valence-electron chi connectivity index (χ3n) is 2.41. The monoisotopic (exact) mass is 230 g/mol. The van der Waals surface area contributed by atoms with Crippen molar-refractivity contribution in [3.63, 3.8) is 0 Å². The van der Waals surface area contributed by atoms with Gasteiger partial charge in [-0.15, -0.1) is 0 Å². The fourth-order valence-corrected chi connectivity index (χ4v) is 1.65. The molecule has 96 valence electrons. The van der Waals surface area contributed by atoms with E-state index in [4.69, 9.17) is 5.73 Å². The molecule has 0 amide bonds. The summed E-state index contributed by atoms with van der Waals surface area (Å²) in [5.41, 5.74) is 5.25. The van der Waals surface area contributed by atoms with Gasteiger partial charge >= 0.3 is 5.97 Å². The number of nitrogens with zero attached hydrogens (tertiary/aromatic N) is 1. The Hall–Kier alpha value is -0.610. The molecule has 0 saturated heterocycles. The summed E-state index contributed by atoms with van der Waals surface area (Å²) >= 11 is 0. The van der Waals surface area contributed by atoms with Crippen molar-refractivity contribution in [3.8, 4) is 0 Å². The second-order valence-corrected chi connectivity index (χ2v) is 5.96. The fraction of sp³-hybridized carbons (Fsp3) is 0.917. The number of carbonyl (C=O) groups excluding carboxylic acids is 1. The van der Waals surface area contributed by atoms with Gasteiger partial charge in [-0.1, -0.05) is 20.8 Å². The molecule has 0 aliphatic carbocycles. The Balaban J connectivity index is 4.10. The number of nitrogens with two attached hydrogens (primary N) is 1. The number of rotatable bonds is 5. The highest BCUT2D eigenvalue weighted by Crippen LogP contribution is 2.15. The molecule has 0 aromatic heterocycles. The predicted octanol–water partition coefficient (Wildman–Crippen LogP) is 1.24. The molecule has 0 aromatic rings. The topological polar surface area (TPSA) is 55.6 Å². The summed E-state index contributed by atoms with van der Waals surface area (Å²) in [4.78, 5) is 13.6. The molecule has 4 nitrogen and oxygen atoms in total. The van der Waals surface area contributed by atoms with Crippen molar-refractivity contribution < 1.29 is 9.53 Å². The van der Waals surface area contributed by atoms with E-state index in [-0.39, 0.29) is 11.4 Å². The molecule has 0 aliphatic heterocycles. The van der Waals surface area contributed by atoms with Crippen LogP contribution in [0.5, 0.6) is 0 Å². The zero-order valence-electron chi connectivity index (χ0n) is 11.5. The fourth-order valence-electron chi connectivity index (χ4n) is 1.65. The third kappa shape index (κ3) is 6.08. The molecule has 0 saturated carbocycles. The van der Waals surface area contributed by atoms with Crippen LogP contribution in [-0.4, -0.2) is 43.7 Å². The molecule has 0 aliphatic rings. The van der Waals surface area contributed by atoms with Gasteiger partial charge in [0.15, 0.2) is 0 Å². The van der Waals surface area contributed by atoms with Gasteiger partial charge in [-0.25, -0.2) is 0 Å². The largest absolute Gasteiger partial charge is 0.468 e. The second kappa shape index (κ2) is 5.64. The van der Waals surface area contributed by atoms with Gasteiger partial charge < -0.3 is 15.4 Å². The predicted molar refractivity (Wildman–Crippen MR) is 66.2 cm³/mol. The first-order valence-corrected chi connectivity index (χ1v) is 5.64. The van der Waals surface area contributed by atoms with Crippen molar-refractivity contribution in [1.29, 1.82) is 0 Å². The zero-order chi connectivity index (χ0) is 13.0. The quantitative estimate of drug-likeness (QED) is 0.722. The van der Waals surface area contributed by atoms with Crippen LogP contribution in [0.2, 0.25) is 0 Å². The van der Waals surface area contributed by atoms with Crippen molar-refractivity contribution in [2.75, 3.05) is 27.2 Å². The first-order valence-electron chi connectivity index (χ1n) is 5.64. The maximum absolute atomic E-state index is 11.4. The van der Waals surface area contributed by atoms with Crippen LogP contribution in [0.1, 0.15) is 34.1 Å². The molecule has 0 spiro atoms. The van der Waals surface area contributed by atoms with E-state index in [1.165, 1.54) is 7.11 Å². The molecule has 0 heterocycles. The van der Waals surface area contributed by atoms with E-state index < -0.39 is 5.54 Å². The second-order valence-electron chi connectivity index (χ2n) is 5.96. The molecule has 16 heavy (non-hydrogen) atoms. The van der Waals surface area contributed by atoms with Crippen molar-refractivity contribution in [1.82, 2.24) is 4.90 Å². The lowest BCUT2D eigenvalue weighted by molar-refractivity contribution is -0.146. The minimum absolute atomic E-state index is 0.255. The number of ether oxygens (including phenoxy) is 1. The number of esters is 1. The molecule has 1 unspecified atom stereocenters. The van der Waals surface area contributed by atoms with Gasteiger partial charge in [0.25, 0.3) is 0 Å². The SMILES string of the molecule is COC(=O)C(C)(N)CCN(C)CC(C)(C)C. The molecule has 4 heteroatoms. The van der Waals surface area contributed by atoms with Gasteiger partial charge in [-0.05, 0) is 25.8 Å². The smallest absolute Gasteiger partial charge is 0.325 e. The summed E-state index contributed by atoms with van der Waals surface area (Å²) in [5, 5.41) is 0. The van der Waals surface area contributed by atoms with Gasteiger partial charge in [-0.3, -0.25) is 4.79 Å². The highest BCUT2D eigenvalue weighted by atomic mass is 16.5. The number of carbonyl (C=O) groups is 1. The number of methoxy groups -OCH3 is 1. The molecule has 0 aromatic carbocycles. The molecule has 0 bridgehead atoms.